The van der Waals surface area contributed by atoms with Gasteiger partial charge in [0, 0.05) is 10.6 Å². The fourth-order valence-electron chi connectivity index (χ4n) is 2.46. The van der Waals surface area contributed by atoms with Crippen LogP contribution in [0.4, 0.5) is 5.82 Å². The first-order valence-electron chi connectivity index (χ1n) is 7.70. The highest BCUT2D eigenvalue weighted by Crippen LogP contribution is 2.22. The molecule has 0 saturated carbocycles. The topological polar surface area (TPSA) is 68.0 Å². The van der Waals surface area contributed by atoms with E-state index in [0.29, 0.717) is 21.5 Å². The number of fused-ring (bicyclic) bond motifs is 1. The lowest BCUT2D eigenvalue weighted by Crippen LogP contribution is -1.99. The number of rotatable bonds is 4. The number of nitrogens with one attached hydrogen (secondary N) is 1. The van der Waals surface area contributed by atoms with E-state index in [1.165, 1.54) is 6.33 Å². The molecule has 4 rings (SSSR count). The third-order valence-electron chi connectivity index (χ3n) is 3.70. The van der Waals surface area contributed by atoms with E-state index >= 15 is 0 Å². The largest absolute Gasteiger partial charge is 0.261 e. The van der Waals surface area contributed by atoms with Crippen molar-refractivity contribution in [1.29, 1.82) is 0 Å². The molecule has 0 fully saturated rings. The van der Waals surface area contributed by atoms with E-state index in [-0.39, 0.29) is 0 Å². The van der Waals surface area contributed by atoms with Gasteiger partial charge < -0.3 is 0 Å². The molecule has 8 heteroatoms. The molecule has 0 aliphatic heterocycles. The highest BCUT2D eigenvalue weighted by atomic mass is 35.5. The Labute approximate surface area is 159 Å². The van der Waals surface area contributed by atoms with Crippen LogP contribution in [0.1, 0.15) is 5.56 Å². The fraction of sp³-hybridized carbons (Fsp3) is 0. The Hall–Kier alpha value is -2.96. The van der Waals surface area contributed by atoms with Crippen LogP contribution in [0.15, 0.2) is 66.2 Å². The molecule has 2 aromatic heterocycles. The smallest absolute Gasteiger partial charge is 0.168 e. The van der Waals surface area contributed by atoms with E-state index in [0.717, 1.165) is 16.6 Å². The van der Waals surface area contributed by atoms with Crippen LogP contribution in [-0.2, 0) is 0 Å². The van der Waals surface area contributed by atoms with Crippen molar-refractivity contribution < 1.29 is 0 Å². The molecule has 1 N–H and O–H groups in total. The third-order valence-corrected chi connectivity index (χ3v) is 4.27. The van der Waals surface area contributed by atoms with Gasteiger partial charge in [0.15, 0.2) is 11.5 Å². The molecule has 0 aliphatic carbocycles. The molecule has 0 saturated heterocycles. The van der Waals surface area contributed by atoms with Crippen molar-refractivity contribution in [3.63, 3.8) is 0 Å². The molecule has 6 nitrogen and oxygen atoms in total. The number of aromatic nitrogens is 4. The van der Waals surface area contributed by atoms with Crippen LogP contribution < -0.4 is 5.43 Å². The van der Waals surface area contributed by atoms with Gasteiger partial charge in [0.05, 0.1) is 28.5 Å². The SMILES string of the molecule is Clc1ccc(/C=N/Nc2ncnc3c2cnn3-c2ccccc2)c(Cl)c1. The van der Waals surface area contributed by atoms with Gasteiger partial charge in [0.2, 0.25) is 0 Å². The van der Waals surface area contributed by atoms with Gasteiger partial charge in [-0.15, -0.1) is 0 Å². The second kappa shape index (κ2) is 7.11. The summed E-state index contributed by atoms with van der Waals surface area (Å²) in [4.78, 5) is 8.57. The highest BCUT2D eigenvalue weighted by Gasteiger charge is 2.10. The summed E-state index contributed by atoms with van der Waals surface area (Å²) in [5.41, 5.74) is 5.27. The van der Waals surface area contributed by atoms with Crippen molar-refractivity contribution >= 4 is 46.3 Å². The molecule has 0 amide bonds. The third kappa shape index (κ3) is 3.24. The number of hydrogen-bond acceptors (Lipinski definition) is 5. The average molecular weight is 383 g/mol. The predicted molar refractivity (Wildman–Crippen MR) is 104 cm³/mol. The first-order chi connectivity index (χ1) is 12.7. The van der Waals surface area contributed by atoms with Crippen LogP contribution in [-0.4, -0.2) is 26.0 Å². The van der Waals surface area contributed by atoms with E-state index in [9.17, 15) is 0 Å². The van der Waals surface area contributed by atoms with E-state index in [4.69, 9.17) is 23.2 Å². The lowest BCUT2D eigenvalue weighted by atomic mass is 10.2. The fourth-order valence-corrected chi connectivity index (χ4v) is 2.92. The lowest BCUT2D eigenvalue weighted by molar-refractivity contribution is 0.895. The Bertz CT molecular complexity index is 1090. The standard InChI is InChI=1S/C18H12Cl2N6/c19-13-7-6-12(16(20)8-13)9-23-25-17-15-10-24-26(18(15)22-11-21-17)14-4-2-1-3-5-14/h1-11H,(H,21,22,25)/b23-9+. The Morgan fingerprint density at radius 1 is 1.04 bits per heavy atom. The average Bonchev–Trinajstić information content (AvgIpc) is 3.09. The van der Waals surface area contributed by atoms with Gasteiger partial charge in [0.1, 0.15) is 6.33 Å². The number of nitrogens with zero attached hydrogens (tertiary/aromatic N) is 5. The van der Waals surface area contributed by atoms with Crippen LogP contribution in [0.2, 0.25) is 10.0 Å². The first-order valence-corrected chi connectivity index (χ1v) is 8.46. The number of hydrazone groups is 1. The molecule has 0 radical (unpaired) electrons. The number of halogens is 2. The van der Waals surface area contributed by atoms with Crippen molar-refractivity contribution in [2.45, 2.75) is 0 Å². The number of benzene rings is 2. The molecular weight excluding hydrogens is 371 g/mol. The Morgan fingerprint density at radius 2 is 1.88 bits per heavy atom. The molecule has 26 heavy (non-hydrogen) atoms. The van der Waals surface area contributed by atoms with Crippen molar-refractivity contribution in [2.24, 2.45) is 5.10 Å². The Kier molecular flexibility index (Phi) is 4.51. The van der Waals surface area contributed by atoms with Gasteiger partial charge in [-0.05, 0) is 24.3 Å². The zero-order valence-corrected chi connectivity index (χ0v) is 14.9. The lowest BCUT2D eigenvalue weighted by Gasteiger charge is -2.04. The van der Waals surface area contributed by atoms with Gasteiger partial charge in [0.25, 0.3) is 0 Å². The molecule has 0 unspecified atom stereocenters. The molecule has 0 atom stereocenters. The van der Waals surface area contributed by atoms with Crippen molar-refractivity contribution in [2.75, 3.05) is 5.43 Å². The molecule has 0 aliphatic rings. The van der Waals surface area contributed by atoms with Crippen LogP contribution in [0.25, 0.3) is 16.7 Å². The Balaban J connectivity index is 1.63. The molecule has 128 valence electrons. The Morgan fingerprint density at radius 3 is 2.69 bits per heavy atom. The number of para-hydroxylation sites is 1. The summed E-state index contributed by atoms with van der Waals surface area (Å²) in [7, 11) is 0. The minimum Gasteiger partial charge on any atom is -0.261 e. The number of anilines is 1. The summed E-state index contributed by atoms with van der Waals surface area (Å²) < 4.78 is 1.75. The summed E-state index contributed by atoms with van der Waals surface area (Å²) >= 11 is 12.0. The second-order valence-corrected chi connectivity index (χ2v) is 6.23. The maximum absolute atomic E-state index is 6.14. The van der Waals surface area contributed by atoms with E-state index in [2.05, 4.69) is 25.6 Å². The second-order valence-electron chi connectivity index (χ2n) is 5.39. The highest BCUT2D eigenvalue weighted by molar-refractivity contribution is 6.36. The first kappa shape index (κ1) is 16.5. The number of hydrogen-bond donors (Lipinski definition) is 1. The van der Waals surface area contributed by atoms with E-state index in [1.54, 1.807) is 35.3 Å². The summed E-state index contributed by atoms with van der Waals surface area (Å²) in [5.74, 6) is 0.554. The summed E-state index contributed by atoms with van der Waals surface area (Å²) in [5, 5.41) is 10.5. The molecule has 2 aromatic carbocycles. The van der Waals surface area contributed by atoms with Gasteiger partial charge in [-0.3, -0.25) is 5.43 Å². The minimum absolute atomic E-state index is 0.521. The zero-order chi connectivity index (χ0) is 17.9. The molecular formula is C18H12Cl2N6. The zero-order valence-electron chi connectivity index (χ0n) is 13.3. The van der Waals surface area contributed by atoms with Gasteiger partial charge >= 0.3 is 0 Å². The normalized spacial score (nSPS) is 11.3. The molecule has 4 aromatic rings. The molecule has 0 spiro atoms. The quantitative estimate of drug-likeness (QED) is 0.414. The van der Waals surface area contributed by atoms with Crippen molar-refractivity contribution in [1.82, 2.24) is 19.7 Å². The monoisotopic (exact) mass is 382 g/mol. The van der Waals surface area contributed by atoms with Crippen LogP contribution in [0.3, 0.4) is 0 Å². The maximum Gasteiger partial charge on any atom is 0.168 e. The molecule has 0 bridgehead atoms. The summed E-state index contributed by atoms with van der Waals surface area (Å²) in [6.07, 6.45) is 4.78. The van der Waals surface area contributed by atoms with Crippen molar-refractivity contribution in [3.05, 3.63) is 76.7 Å². The predicted octanol–water partition coefficient (Wildman–Crippen LogP) is 4.57. The van der Waals surface area contributed by atoms with Crippen LogP contribution in [0.5, 0.6) is 0 Å². The van der Waals surface area contributed by atoms with E-state index < -0.39 is 0 Å². The summed E-state index contributed by atoms with van der Waals surface area (Å²) in [6.45, 7) is 0. The van der Waals surface area contributed by atoms with Gasteiger partial charge in [-0.2, -0.15) is 10.2 Å². The van der Waals surface area contributed by atoms with E-state index in [1.807, 2.05) is 30.3 Å². The minimum atomic E-state index is 0.521. The molecule has 2 heterocycles. The van der Waals surface area contributed by atoms with Crippen LogP contribution in [0, 0.1) is 0 Å². The van der Waals surface area contributed by atoms with Crippen molar-refractivity contribution in [3.8, 4) is 5.69 Å². The maximum atomic E-state index is 6.14. The van der Waals surface area contributed by atoms with Gasteiger partial charge in [-0.25, -0.2) is 14.6 Å². The summed E-state index contributed by atoms with van der Waals surface area (Å²) in [6, 6.07) is 15.0. The van der Waals surface area contributed by atoms with Gasteiger partial charge in [-0.1, -0.05) is 47.5 Å². The van der Waals surface area contributed by atoms with Crippen LogP contribution >= 0.6 is 23.2 Å².